The fraction of sp³-hybridized carbons (Fsp3) is 0.667. The minimum atomic E-state index is -0.932. The molecule has 1 aromatic rings. The first-order valence-electron chi connectivity index (χ1n) is 14.2. The van der Waals surface area contributed by atoms with Crippen molar-refractivity contribution < 1.29 is 28.7 Å². The number of nitrogens with one attached hydrogen (secondary N) is 2. The fourth-order valence-electron chi connectivity index (χ4n) is 4.15. The summed E-state index contributed by atoms with van der Waals surface area (Å²) in [7, 11) is 0. The molecule has 0 aliphatic heterocycles. The molecule has 0 fully saturated rings. The molecule has 0 spiro atoms. The van der Waals surface area contributed by atoms with Crippen LogP contribution in [-0.2, 0) is 23.9 Å². The van der Waals surface area contributed by atoms with Gasteiger partial charge in [0.25, 0.3) is 0 Å². The van der Waals surface area contributed by atoms with Gasteiger partial charge >= 0.3 is 12.1 Å². The molecule has 0 saturated carbocycles. The van der Waals surface area contributed by atoms with Gasteiger partial charge in [0.2, 0.25) is 11.8 Å². The van der Waals surface area contributed by atoms with Crippen LogP contribution in [0.25, 0.3) is 0 Å². The molecule has 2 unspecified atom stereocenters. The summed E-state index contributed by atoms with van der Waals surface area (Å²) in [5.74, 6) is -1.18. The molecule has 2 atom stereocenters. The second-order valence-corrected chi connectivity index (χ2v) is 10.8. The molecule has 0 saturated heterocycles. The number of carbonyl (C=O) groups excluding carboxylic acids is 4. The molecular weight excluding hydrogens is 498 g/mol. The number of nitrogens with zero attached hydrogens (tertiary/aromatic N) is 1. The third-order valence-electron chi connectivity index (χ3n) is 5.99. The minimum Gasteiger partial charge on any atom is -0.466 e. The first kappa shape index (κ1) is 33.9. The number of benzene rings is 1. The highest BCUT2D eigenvalue weighted by atomic mass is 16.6. The molecule has 1 rings (SSSR count). The van der Waals surface area contributed by atoms with E-state index in [-0.39, 0.29) is 25.5 Å². The zero-order chi connectivity index (χ0) is 29.4. The van der Waals surface area contributed by atoms with Crippen molar-refractivity contribution in [3.8, 4) is 0 Å². The predicted molar refractivity (Wildman–Crippen MR) is 152 cm³/mol. The van der Waals surface area contributed by atoms with E-state index in [0.29, 0.717) is 18.5 Å². The molecule has 0 bridgehead atoms. The maximum absolute atomic E-state index is 13.8. The van der Waals surface area contributed by atoms with Crippen molar-refractivity contribution in [3.05, 3.63) is 35.4 Å². The Hall–Kier alpha value is -3.10. The number of unbranched alkanes of at least 4 members (excludes halogenated alkanes) is 5. The Balaban J connectivity index is 3.22. The van der Waals surface area contributed by atoms with E-state index in [1.54, 1.807) is 34.6 Å². The van der Waals surface area contributed by atoms with E-state index in [1.807, 2.05) is 31.2 Å². The van der Waals surface area contributed by atoms with Gasteiger partial charge in [-0.2, -0.15) is 0 Å². The van der Waals surface area contributed by atoms with Crippen molar-refractivity contribution in [2.75, 3.05) is 19.7 Å². The third-order valence-corrected chi connectivity index (χ3v) is 5.99. The lowest BCUT2D eigenvalue weighted by atomic mass is 10.00. The number of alkyl carbamates (subject to hydrolysis) is 1. The predicted octanol–water partition coefficient (Wildman–Crippen LogP) is 5.21. The van der Waals surface area contributed by atoms with E-state index < -0.39 is 35.7 Å². The van der Waals surface area contributed by atoms with Gasteiger partial charge in [-0.3, -0.25) is 14.4 Å². The summed E-state index contributed by atoms with van der Waals surface area (Å²) in [4.78, 5) is 53.1. The van der Waals surface area contributed by atoms with Crippen molar-refractivity contribution in [1.82, 2.24) is 15.5 Å². The molecule has 39 heavy (non-hydrogen) atoms. The third kappa shape index (κ3) is 13.5. The Kier molecular flexibility index (Phi) is 15.2. The molecule has 0 heterocycles. The van der Waals surface area contributed by atoms with Gasteiger partial charge in [0.1, 0.15) is 17.7 Å². The van der Waals surface area contributed by atoms with Crippen LogP contribution in [0.4, 0.5) is 4.79 Å². The Morgan fingerprint density at radius 1 is 1.00 bits per heavy atom. The number of carbonyl (C=O) groups is 4. The zero-order valence-corrected chi connectivity index (χ0v) is 24.9. The van der Waals surface area contributed by atoms with Crippen molar-refractivity contribution in [3.63, 3.8) is 0 Å². The van der Waals surface area contributed by atoms with E-state index in [2.05, 4.69) is 17.6 Å². The maximum atomic E-state index is 13.8. The largest absolute Gasteiger partial charge is 0.466 e. The van der Waals surface area contributed by atoms with Crippen molar-refractivity contribution in [1.29, 1.82) is 0 Å². The molecule has 2 N–H and O–H groups in total. The van der Waals surface area contributed by atoms with Gasteiger partial charge in [-0.25, -0.2) is 4.79 Å². The van der Waals surface area contributed by atoms with Gasteiger partial charge in [0, 0.05) is 13.1 Å². The Morgan fingerprint density at radius 2 is 1.67 bits per heavy atom. The van der Waals surface area contributed by atoms with E-state index in [9.17, 15) is 19.2 Å². The van der Waals surface area contributed by atoms with Crippen molar-refractivity contribution in [2.24, 2.45) is 0 Å². The van der Waals surface area contributed by atoms with Crippen LogP contribution >= 0.6 is 0 Å². The lowest BCUT2D eigenvalue weighted by Crippen LogP contribution is -2.52. The summed E-state index contributed by atoms with van der Waals surface area (Å²) >= 11 is 0. The number of hydrogen-bond acceptors (Lipinski definition) is 6. The summed E-state index contributed by atoms with van der Waals surface area (Å²) in [5, 5.41) is 5.43. The first-order valence-corrected chi connectivity index (χ1v) is 14.2. The summed E-state index contributed by atoms with van der Waals surface area (Å²) in [6, 6.07) is 5.61. The molecule has 0 radical (unpaired) electrons. The smallest absolute Gasteiger partial charge is 0.408 e. The average Bonchev–Trinajstić information content (AvgIpc) is 2.83. The van der Waals surface area contributed by atoms with Crippen molar-refractivity contribution >= 4 is 23.9 Å². The number of hydrogen-bond donors (Lipinski definition) is 2. The lowest BCUT2D eigenvalue weighted by molar-refractivity contribution is -0.144. The monoisotopic (exact) mass is 547 g/mol. The van der Waals surface area contributed by atoms with Crippen LogP contribution in [-0.4, -0.2) is 60.1 Å². The molecular formula is C30H49N3O6. The van der Waals surface area contributed by atoms with Crippen LogP contribution in [0.5, 0.6) is 0 Å². The Morgan fingerprint density at radius 3 is 2.28 bits per heavy atom. The number of esters is 1. The first-order chi connectivity index (χ1) is 18.4. The summed E-state index contributed by atoms with van der Waals surface area (Å²) in [6.45, 7) is 13.3. The normalized spacial score (nSPS) is 12.7. The van der Waals surface area contributed by atoms with Gasteiger partial charge in [-0.05, 0) is 53.5 Å². The van der Waals surface area contributed by atoms with Crippen LogP contribution in [0.2, 0.25) is 0 Å². The maximum Gasteiger partial charge on any atom is 0.408 e. The Bertz CT molecular complexity index is 928. The molecule has 0 aromatic heterocycles. The quantitative estimate of drug-likeness (QED) is 0.217. The Labute approximate surface area is 234 Å². The lowest BCUT2D eigenvalue weighted by Gasteiger charge is -2.34. The van der Waals surface area contributed by atoms with Gasteiger partial charge < -0.3 is 25.0 Å². The van der Waals surface area contributed by atoms with Crippen molar-refractivity contribution in [2.45, 2.75) is 111 Å². The highest BCUT2D eigenvalue weighted by Gasteiger charge is 2.34. The number of ether oxygens (including phenoxy) is 2. The second kappa shape index (κ2) is 17.5. The SMILES string of the molecule is CCCCCCCCN(C(=O)C(C)NC(=O)OC(C)(C)C)C(C(=O)NCCC(=O)OCC)c1cccc(C)c1. The second-order valence-electron chi connectivity index (χ2n) is 10.8. The summed E-state index contributed by atoms with van der Waals surface area (Å²) < 4.78 is 10.3. The molecule has 0 aliphatic carbocycles. The van der Waals surface area contributed by atoms with Crippen LogP contribution < -0.4 is 10.6 Å². The topological polar surface area (TPSA) is 114 Å². The van der Waals surface area contributed by atoms with Crippen LogP contribution in [0.15, 0.2) is 24.3 Å². The highest BCUT2D eigenvalue weighted by molar-refractivity contribution is 5.92. The average molecular weight is 548 g/mol. The molecule has 0 aliphatic rings. The minimum absolute atomic E-state index is 0.0299. The van der Waals surface area contributed by atoms with E-state index in [1.165, 1.54) is 4.90 Å². The van der Waals surface area contributed by atoms with Gasteiger partial charge in [0.05, 0.1) is 13.0 Å². The van der Waals surface area contributed by atoms with Gasteiger partial charge in [-0.15, -0.1) is 0 Å². The van der Waals surface area contributed by atoms with Gasteiger partial charge in [0.15, 0.2) is 0 Å². The highest BCUT2D eigenvalue weighted by Crippen LogP contribution is 2.24. The molecule has 9 heteroatoms. The van der Waals surface area contributed by atoms with E-state index in [0.717, 1.165) is 37.7 Å². The molecule has 9 nitrogen and oxygen atoms in total. The summed E-state index contributed by atoms with van der Waals surface area (Å²) in [6.07, 6.45) is 5.43. The van der Waals surface area contributed by atoms with Crippen LogP contribution in [0, 0.1) is 6.92 Å². The van der Waals surface area contributed by atoms with Gasteiger partial charge in [-0.1, -0.05) is 68.9 Å². The molecule has 220 valence electrons. The molecule has 1 aromatic carbocycles. The summed E-state index contributed by atoms with van der Waals surface area (Å²) in [5.41, 5.74) is 0.893. The molecule has 3 amide bonds. The van der Waals surface area contributed by atoms with Crippen LogP contribution in [0.1, 0.15) is 104 Å². The van der Waals surface area contributed by atoms with Crippen LogP contribution in [0.3, 0.4) is 0 Å². The van der Waals surface area contributed by atoms with E-state index in [4.69, 9.17) is 9.47 Å². The van der Waals surface area contributed by atoms with E-state index >= 15 is 0 Å². The standard InChI is InChI=1S/C30H49N3O6/c1-8-10-11-12-13-14-20-33(28(36)23(4)32-29(37)39-30(5,6)7)26(24-17-15-16-22(3)21-24)27(35)31-19-18-25(34)38-9-2/h15-17,21,23,26H,8-14,18-20H2,1-7H3,(H,31,35)(H,32,37). The zero-order valence-electron chi connectivity index (χ0n) is 24.9. The number of rotatable bonds is 16. The number of amides is 3. The number of aryl methyl sites for hydroxylation is 1. The fourth-order valence-corrected chi connectivity index (χ4v) is 4.15.